The fourth-order valence-electron chi connectivity index (χ4n) is 1.65. The molecule has 0 saturated heterocycles. The summed E-state index contributed by atoms with van der Waals surface area (Å²) in [5.74, 6) is 0.677. The standard InChI is InChI=1S/C14H22ClN/c1-10(2)7-12-5-6-13(14(15)8-12)9-16-11(3)4/h5-6,8,10-11,16H,7,9H2,1-4H3. The molecular weight excluding hydrogens is 218 g/mol. The van der Waals surface area contributed by atoms with E-state index in [1.807, 2.05) is 0 Å². The first kappa shape index (κ1) is 13.5. The van der Waals surface area contributed by atoms with Gasteiger partial charge in [-0.05, 0) is 29.5 Å². The summed E-state index contributed by atoms with van der Waals surface area (Å²) in [6, 6.07) is 6.91. The number of hydrogen-bond donors (Lipinski definition) is 1. The van der Waals surface area contributed by atoms with E-state index in [1.54, 1.807) is 0 Å². The van der Waals surface area contributed by atoms with Crippen LogP contribution in [0.15, 0.2) is 18.2 Å². The van der Waals surface area contributed by atoms with Crippen LogP contribution in [0.3, 0.4) is 0 Å². The quantitative estimate of drug-likeness (QED) is 0.818. The molecule has 0 atom stereocenters. The van der Waals surface area contributed by atoms with Gasteiger partial charge < -0.3 is 5.32 Å². The van der Waals surface area contributed by atoms with E-state index in [4.69, 9.17) is 11.6 Å². The summed E-state index contributed by atoms with van der Waals surface area (Å²) >= 11 is 6.26. The molecule has 2 heteroatoms. The van der Waals surface area contributed by atoms with Crippen LogP contribution in [-0.2, 0) is 13.0 Å². The van der Waals surface area contributed by atoms with E-state index in [9.17, 15) is 0 Å². The van der Waals surface area contributed by atoms with Crippen molar-refractivity contribution in [2.24, 2.45) is 5.92 Å². The summed E-state index contributed by atoms with van der Waals surface area (Å²) in [7, 11) is 0. The Hall–Kier alpha value is -0.530. The molecule has 0 aromatic heterocycles. The molecule has 90 valence electrons. The average molecular weight is 240 g/mol. The minimum atomic E-state index is 0.492. The summed E-state index contributed by atoms with van der Waals surface area (Å²) in [5.41, 5.74) is 2.51. The molecule has 1 N–H and O–H groups in total. The van der Waals surface area contributed by atoms with Gasteiger partial charge in [-0.2, -0.15) is 0 Å². The summed E-state index contributed by atoms with van der Waals surface area (Å²) in [6.45, 7) is 9.57. The van der Waals surface area contributed by atoms with Gasteiger partial charge in [0.1, 0.15) is 0 Å². The van der Waals surface area contributed by atoms with Gasteiger partial charge in [0, 0.05) is 17.6 Å². The van der Waals surface area contributed by atoms with E-state index in [0.717, 1.165) is 18.0 Å². The van der Waals surface area contributed by atoms with Gasteiger partial charge in [0.2, 0.25) is 0 Å². The van der Waals surface area contributed by atoms with Crippen molar-refractivity contribution in [3.63, 3.8) is 0 Å². The van der Waals surface area contributed by atoms with Crippen molar-refractivity contribution in [3.8, 4) is 0 Å². The van der Waals surface area contributed by atoms with Gasteiger partial charge in [-0.3, -0.25) is 0 Å². The van der Waals surface area contributed by atoms with E-state index >= 15 is 0 Å². The zero-order valence-electron chi connectivity index (χ0n) is 10.7. The lowest BCUT2D eigenvalue weighted by atomic mass is 10.0. The second kappa shape index (κ2) is 6.27. The largest absolute Gasteiger partial charge is 0.310 e. The second-order valence-corrected chi connectivity index (χ2v) is 5.47. The van der Waals surface area contributed by atoms with Crippen molar-refractivity contribution in [2.75, 3.05) is 0 Å². The third-order valence-corrected chi connectivity index (χ3v) is 2.81. The molecule has 1 rings (SSSR count). The number of halogens is 1. The predicted molar refractivity (Wildman–Crippen MR) is 72.0 cm³/mol. The summed E-state index contributed by atoms with van der Waals surface area (Å²) < 4.78 is 0. The Bertz CT molecular complexity index is 332. The average Bonchev–Trinajstić information content (AvgIpc) is 2.15. The van der Waals surface area contributed by atoms with Crippen LogP contribution in [0.5, 0.6) is 0 Å². The molecule has 0 heterocycles. The van der Waals surface area contributed by atoms with Gasteiger partial charge in [-0.1, -0.05) is 51.4 Å². The first-order valence-electron chi connectivity index (χ1n) is 5.99. The molecule has 1 aromatic carbocycles. The number of hydrogen-bond acceptors (Lipinski definition) is 1. The van der Waals surface area contributed by atoms with E-state index in [-0.39, 0.29) is 0 Å². The maximum Gasteiger partial charge on any atom is 0.0453 e. The van der Waals surface area contributed by atoms with Crippen LogP contribution >= 0.6 is 11.6 Å². The fourth-order valence-corrected chi connectivity index (χ4v) is 1.92. The molecule has 0 fully saturated rings. The van der Waals surface area contributed by atoms with Crippen molar-refractivity contribution < 1.29 is 0 Å². The monoisotopic (exact) mass is 239 g/mol. The van der Waals surface area contributed by atoms with E-state index in [0.29, 0.717) is 12.0 Å². The topological polar surface area (TPSA) is 12.0 Å². The van der Waals surface area contributed by atoms with Crippen molar-refractivity contribution in [3.05, 3.63) is 34.3 Å². The molecule has 0 bridgehead atoms. The maximum absolute atomic E-state index is 6.26. The Morgan fingerprint density at radius 1 is 1.19 bits per heavy atom. The minimum Gasteiger partial charge on any atom is -0.310 e. The van der Waals surface area contributed by atoms with Gasteiger partial charge in [0.15, 0.2) is 0 Å². The zero-order chi connectivity index (χ0) is 12.1. The lowest BCUT2D eigenvalue weighted by Crippen LogP contribution is -2.21. The van der Waals surface area contributed by atoms with Crippen LogP contribution in [0.25, 0.3) is 0 Å². The first-order chi connectivity index (χ1) is 7.49. The zero-order valence-corrected chi connectivity index (χ0v) is 11.4. The number of nitrogens with one attached hydrogen (secondary N) is 1. The minimum absolute atomic E-state index is 0.492. The van der Waals surface area contributed by atoms with Crippen molar-refractivity contribution in [2.45, 2.75) is 46.7 Å². The highest BCUT2D eigenvalue weighted by molar-refractivity contribution is 6.31. The molecule has 0 saturated carbocycles. The Morgan fingerprint density at radius 3 is 2.38 bits per heavy atom. The Labute approximate surface area is 104 Å². The summed E-state index contributed by atoms with van der Waals surface area (Å²) in [5, 5.41) is 4.26. The highest BCUT2D eigenvalue weighted by Crippen LogP contribution is 2.19. The Morgan fingerprint density at radius 2 is 1.88 bits per heavy atom. The Kier molecular flexibility index (Phi) is 5.30. The highest BCUT2D eigenvalue weighted by Gasteiger charge is 2.04. The third kappa shape index (κ3) is 4.54. The lowest BCUT2D eigenvalue weighted by Gasteiger charge is -2.11. The molecule has 1 aromatic rings. The van der Waals surface area contributed by atoms with Crippen molar-refractivity contribution in [1.29, 1.82) is 0 Å². The normalized spacial score (nSPS) is 11.4. The SMILES string of the molecule is CC(C)Cc1ccc(CNC(C)C)c(Cl)c1. The third-order valence-electron chi connectivity index (χ3n) is 2.46. The molecule has 0 unspecified atom stereocenters. The molecule has 0 radical (unpaired) electrons. The molecule has 0 spiro atoms. The lowest BCUT2D eigenvalue weighted by molar-refractivity contribution is 0.588. The summed E-state index contributed by atoms with van der Waals surface area (Å²) in [6.07, 6.45) is 1.09. The molecule has 0 aliphatic heterocycles. The van der Waals surface area contributed by atoms with Crippen molar-refractivity contribution >= 4 is 11.6 Å². The Balaban J connectivity index is 2.67. The summed E-state index contributed by atoms with van der Waals surface area (Å²) in [4.78, 5) is 0. The highest BCUT2D eigenvalue weighted by atomic mass is 35.5. The molecule has 1 nitrogen and oxygen atoms in total. The van der Waals surface area contributed by atoms with Crippen LogP contribution in [0.4, 0.5) is 0 Å². The van der Waals surface area contributed by atoms with Crippen molar-refractivity contribution in [1.82, 2.24) is 5.32 Å². The molecule has 0 aliphatic carbocycles. The molecule has 0 aliphatic rings. The van der Waals surface area contributed by atoms with E-state index < -0.39 is 0 Å². The molecule has 0 amide bonds. The van der Waals surface area contributed by atoms with Gasteiger partial charge in [0.25, 0.3) is 0 Å². The number of benzene rings is 1. The number of rotatable bonds is 5. The molecular formula is C14H22ClN. The van der Waals surface area contributed by atoms with Gasteiger partial charge in [0.05, 0.1) is 0 Å². The van der Waals surface area contributed by atoms with Crippen LogP contribution in [0.1, 0.15) is 38.8 Å². The first-order valence-corrected chi connectivity index (χ1v) is 6.37. The van der Waals surface area contributed by atoms with E-state index in [1.165, 1.54) is 11.1 Å². The van der Waals surface area contributed by atoms with Crippen LogP contribution in [-0.4, -0.2) is 6.04 Å². The molecule has 16 heavy (non-hydrogen) atoms. The smallest absolute Gasteiger partial charge is 0.0453 e. The predicted octanol–water partition coefficient (Wildman–Crippen LogP) is 4.04. The fraction of sp³-hybridized carbons (Fsp3) is 0.571. The van der Waals surface area contributed by atoms with Gasteiger partial charge in [-0.15, -0.1) is 0 Å². The van der Waals surface area contributed by atoms with Crippen LogP contribution < -0.4 is 5.32 Å². The maximum atomic E-state index is 6.26. The van der Waals surface area contributed by atoms with E-state index in [2.05, 4.69) is 51.2 Å². The van der Waals surface area contributed by atoms with Crippen LogP contribution in [0, 0.1) is 5.92 Å². The van der Waals surface area contributed by atoms with Crippen LogP contribution in [0.2, 0.25) is 5.02 Å². The van der Waals surface area contributed by atoms with Gasteiger partial charge in [-0.25, -0.2) is 0 Å². The second-order valence-electron chi connectivity index (χ2n) is 5.06. The van der Waals surface area contributed by atoms with Gasteiger partial charge >= 0.3 is 0 Å².